The SMILES string of the molecule is CCc1ccc(NC2CCSC2C)cc1[N+](=O)[O-]. The molecule has 2 unspecified atom stereocenters. The van der Waals surface area contributed by atoms with Crippen molar-refractivity contribution >= 4 is 23.1 Å². The van der Waals surface area contributed by atoms with Crippen LogP contribution in [0.15, 0.2) is 18.2 Å². The van der Waals surface area contributed by atoms with E-state index in [9.17, 15) is 10.1 Å². The summed E-state index contributed by atoms with van der Waals surface area (Å²) in [5.41, 5.74) is 1.87. The minimum Gasteiger partial charge on any atom is -0.381 e. The Hall–Kier alpha value is -1.23. The molecule has 5 heteroatoms. The largest absolute Gasteiger partial charge is 0.381 e. The average molecular weight is 266 g/mol. The lowest BCUT2D eigenvalue weighted by Crippen LogP contribution is -2.24. The van der Waals surface area contributed by atoms with Crippen LogP contribution in [0, 0.1) is 10.1 Å². The van der Waals surface area contributed by atoms with Crippen LogP contribution < -0.4 is 5.32 Å². The van der Waals surface area contributed by atoms with E-state index in [1.54, 1.807) is 6.07 Å². The number of nitro benzene ring substituents is 1. The number of anilines is 1. The molecule has 0 radical (unpaired) electrons. The second-order valence-electron chi connectivity index (χ2n) is 4.57. The summed E-state index contributed by atoms with van der Waals surface area (Å²) in [5, 5.41) is 15.0. The fourth-order valence-electron chi connectivity index (χ4n) is 2.26. The Kier molecular flexibility index (Phi) is 4.11. The molecule has 18 heavy (non-hydrogen) atoms. The normalized spacial score (nSPS) is 23.0. The topological polar surface area (TPSA) is 55.2 Å². The van der Waals surface area contributed by atoms with Crippen LogP contribution in [0.5, 0.6) is 0 Å². The van der Waals surface area contributed by atoms with Crippen LogP contribution in [-0.4, -0.2) is 22.0 Å². The Morgan fingerprint density at radius 3 is 2.89 bits per heavy atom. The van der Waals surface area contributed by atoms with E-state index in [0.717, 1.165) is 23.4 Å². The molecule has 1 aromatic carbocycles. The van der Waals surface area contributed by atoms with Crippen molar-refractivity contribution in [2.75, 3.05) is 11.1 Å². The molecule has 98 valence electrons. The number of thioether (sulfide) groups is 1. The van der Waals surface area contributed by atoms with E-state index >= 15 is 0 Å². The summed E-state index contributed by atoms with van der Waals surface area (Å²) >= 11 is 1.95. The first-order valence-corrected chi connectivity index (χ1v) is 7.32. The van der Waals surface area contributed by atoms with Gasteiger partial charge in [-0.25, -0.2) is 0 Å². The molecule has 2 atom stereocenters. The maximum Gasteiger partial charge on any atom is 0.274 e. The monoisotopic (exact) mass is 266 g/mol. The first kappa shape index (κ1) is 13.2. The Morgan fingerprint density at radius 2 is 2.33 bits per heavy atom. The molecule has 1 heterocycles. The summed E-state index contributed by atoms with van der Waals surface area (Å²) < 4.78 is 0. The molecule has 2 rings (SSSR count). The van der Waals surface area contributed by atoms with Gasteiger partial charge in [0, 0.05) is 28.6 Å². The summed E-state index contributed by atoms with van der Waals surface area (Å²) in [5.74, 6) is 1.16. The Labute approximate surface area is 111 Å². The highest BCUT2D eigenvalue weighted by Crippen LogP contribution is 2.30. The zero-order valence-electron chi connectivity index (χ0n) is 10.7. The van der Waals surface area contributed by atoms with Gasteiger partial charge in [0.15, 0.2) is 0 Å². The molecule has 1 saturated heterocycles. The lowest BCUT2D eigenvalue weighted by molar-refractivity contribution is -0.385. The summed E-state index contributed by atoms with van der Waals surface area (Å²) in [7, 11) is 0. The average Bonchev–Trinajstić information content (AvgIpc) is 2.75. The molecule has 4 nitrogen and oxygen atoms in total. The molecule has 0 amide bonds. The van der Waals surface area contributed by atoms with Gasteiger partial charge in [0.05, 0.1) is 4.92 Å². The highest BCUT2D eigenvalue weighted by molar-refractivity contribution is 8.00. The maximum absolute atomic E-state index is 11.0. The van der Waals surface area contributed by atoms with E-state index < -0.39 is 0 Å². The number of rotatable bonds is 4. The Bertz CT molecular complexity index is 451. The molecular formula is C13H18N2O2S. The van der Waals surface area contributed by atoms with E-state index in [-0.39, 0.29) is 10.6 Å². The van der Waals surface area contributed by atoms with Crippen molar-refractivity contribution in [1.82, 2.24) is 0 Å². The van der Waals surface area contributed by atoms with Gasteiger partial charge in [-0.2, -0.15) is 11.8 Å². The number of hydrogen-bond donors (Lipinski definition) is 1. The predicted octanol–water partition coefficient (Wildman–Crippen LogP) is 3.46. The molecule has 1 aromatic rings. The third-order valence-corrected chi connectivity index (χ3v) is 4.72. The molecule has 0 spiro atoms. The van der Waals surface area contributed by atoms with Gasteiger partial charge in [-0.3, -0.25) is 10.1 Å². The van der Waals surface area contributed by atoms with Gasteiger partial charge in [-0.1, -0.05) is 19.9 Å². The minimum atomic E-state index is -0.295. The zero-order valence-corrected chi connectivity index (χ0v) is 11.5. The smallest absolute Gasteiger partial charge is 0.274 e. The summed E-state index contributed by atoms with van der Waals surface area (Å²) in [6.07, 6.45) is 1.81. The third-order valence-electron chi connectivity index (χ3n) is 3.39. The lowest BCUT2D eigenvalue weighted by Gasteiger charge is -2.18. The van der Waals surface area contributed by atoms with Crippen molar-refractivity contribution < 1.29 is 4.92 Å². The fourth-order valence-corrected chi connectivity index (χ4v) is 3.46. The second-order valence-corrected chi connectivity index (χ2v) is 6.05. The van der Waals surface area contributed by atoms with E-state index in [4.69, 9.17) is 0 Å². The first-order chi connectivity index (χ1) is 8.61. The van der Waals surface area contributed by atoms with Crippen LogP contribution in [0.4, 0.5) is 11.4 Å². The summed E-state index contributed by atoms with van der Waals surface area (Å²) in [4.78, 5) is 10.7. The van der Waals surface area contributed by atoms with Crippen LogP contribution >= 0.6 is 11.8 Å². The van der Waals surface area contributed by atoms with Crippen molar-refractivity contribution in [3.63, 3.8) is 0 Å². The second kappa shape index (κ2) is 5.61. The highest BCUT2D eigenvalue weighted by Gasteiger charge is 2.24. The molecule has 0 saturated carbocycles. The number of nitrogens with one attached hydrogen (secondary N) is 1. The van der Waals surface area contributed by atoms with Crippen molar-refractivity contribution in [1.29, 1.82) is 0 Å². The van der Waals surface area contributed by atoms with Gasteiger partial charge < -0.3 is 5.32 Å². The molecule has 1 N–H and O–H groups in total. The van der Waals surface area contributed by atoms with E-state index in [0.29, 0.717) is 17.7 Å². The molecule has 0 aliphatic carbocycles. The van der Waals surface area contributed by atoms with E-state index in [1.807, 2.05) is 30.8 Å². The quantitative estimate of drug-likeness (QED) is 0.669. The molecular weight excluding hydrogens is 248 g/mol. The van der Waals surface area contributed by atoms with Gasteiger partial charge in [-0.15, -0.1) is 0 Å². The van der Waals surface area contributed by atoms with Crippen molar-refractivity contribution in [2.24, 2.45) is 0 Å². The zero-order chi connectivity index (χ0) is 13.1. The van der Waals surface area contributed by atoms with Crippen molar-refractivity contribution in [3.05, 3.63) is 33.9 Å². The first-order valence-electron chi connectivity index (χ1n) is 6.27. The number of benzene rings is 1. The van der Waals surface area contributed by atoms with Crippen LogP contribution in [-0.2, 0) is 6.42 Å². The number of aryl methyl sites for hydroxylation is 1. The van der Waals surface area contributed by atoms with Gasteiger partial charge in [0.25, 0.3) is 5.69 Å². The number of hydrogen-bond acceptors (Lipinski definition) is 4. The van der Waals surface area contributed by atoms with Crippen LogP contribution in [0.25, 0.3) is 0 Å². The molecule has 0 aromatic heterocycles. The Morgan fingerprint density at radius 1 is 1.56 bits per heavy atom. The maximum atomic E-state index is 11.0. The minimum absolute atomic E-state index is 0.223. The van der Waals surface area contributed by atoms with Gasteiger partial charge in [0.1, 0.15) is 0 Å². The third kappa shape index (κ3) is 2.77. The highest BCUT2D eigenvalue weighted by atomic mass is 32.2. The molecule has 1 fully saturated rings. The van der Waals surface area contributed by atoms with Crippen LogP contribution in [0.3, 0.4) is 0 Å². The van der Waals surface area contributed by atoms with E-state index in [1.165, 1.54) is 0 Å². The van der Waals surface area contributed by atoms with Gasteiger partial charge in [-0.05, 0) is 24.7 Å². The van der Waals surface area contributed by atoms with E-state index in [2.05, 4.69) is 12.2 Å². The molecule has 1 aliphatic rings. The summed E-state index contributed by atoms with van der Waals surface area (Å²) in [6.45, 7) is 4.13. The van der Waals surface area contributed by atoms with Gasteiger partial charge in [0.2, 0.25) is 0 Å². The number of nitrogens with zero attached hydrogens (tertiary/aromatic N) is 1. The molecule has 0 bridgehead atoms. The Balaban J connectivity index is 2.18. The summed E-state index contributed by atoms with van der Waals surface area (Å²) in [6, 6.07) is 5.88. The van der Waals surface area contributed by atoms with Crippen molar-refractivity contribution in [3.8, 4) is 0 Å². The number of nitro groups is 1. The van der Waals surface area contributed by atoms with Gasteiger partial charge >= 0.3 is 0 Å². The molecule has 1 aliphatic heterocycles. The lowest BCUT2D eigenvalue weighted by atomic mass is 10.1. The van der Waals surface area contributed by atoms with Crippen LogP contribution in [0.2, 0.25) is 0 Å². The van der Waals surface area contributed by atoms with Crippen LogP contribution in [0.1, 0.15) is 25.8 Å². The fraction of sp³-hybridized carbons (Fsp3) is 0.538. The van der Waals surface area contributed by atoms with Crippen molar-refractivity contribution in [2.45, 2.75) is 38.0 Å². The predicted molar refractivity (Wildman–Crippen MR) is 76.4 cm³/mol. The standard InChI is InChI=1S/C13H18N2O2S/c1-3-10-4-5-11(8-13(10)15(16)17)14-12-6-7-18-9(12)2/h4-5,8-9,12,14H,3,6-7H2,1-2H3.